The van der Waals surface area contributed by atoms with Crippen LogP contribution in [0.5, 0.6) is 0 Å². The molecular weight excluding hydrogens is 394 g/mol. The van der Waals surface area contributed by atoms with Gasteiger partial charge in [0.1, 0.15) is 11.3 Å². The molecule has 0 saturated carbocycles. The van der Waals surface area contributed by atoms with Crippen LogP contribution in [-0.4, -0.2) is 42.1 Å². The Morgan fingerprint density at radius 2 is 1.62 bits per heavy atom. The summed E-state index contributed by atoms with van der Waals surface area (Å²) in [6.07, 6.45) is 3.02. The van der Waals surface area contributed by atoms with Gasteiger partial charge in [0.05, 0.1) is 30.2 Å². The number of pyridine rings is 1. The van der Waals surface area contributed by atoms with Crippen LogP contribution in [0.1, 0.15) is 52.7 Å². The Morgan fingerprint density at radius 1 is 1.00 bits per heavy atom. The van der Waals surface area contributed by atoms with Crippen LogP contribution in [0.2, 0.25) is 0 Å². The number of hydrogen-bond donors (Lipinski definition) is 0. The van der Waals surface area contributed by atoms with Crippen LogP contribution < -0.4 is 0 Å². The lowest BCUT2D eigenvalue weighted by molar-refractivity contribution is -0.137. The molecule has 0 unspecified atom stereocenters. The zero-order valence-corrected chi connectivity index (χ0v) is 18.1. The Labute approximate surface area is 174 Å². The van der Waals surface area contributed by atoms with Crippen molar-refractivity contribution >= 4 is 35.2 Å². The summed E-state index contributed by atoms with van der Waals surface area (Å²) < 4.78 is 17.0. The third kappa shape index (κ3) is 5.00. The third-order valence-corrected chi connectivity index (χ3v) is 4.84. The zero-order valence-electron chi connectivity index (χ0n) is 17.2. The normalized spacial score (nSPS) is 11.1. The van der Waals surface area contributed by atoms with Crippen molar-refractivity contribution < 1.29 is 28.6 Å². The topological polar surface area (TPSA) is 83.3 Å². The lowest BCUT2D eigenvalue weighted by atomic mass is 10.1. The summed E-state index contributed by atoms with van der Waals surface area (Å²) in [6.45, 7) is 9.54. The first-order valence-electron chi connectivity index (χ1n) is 9.35. The average molecular weight is 419 g/mol. The van der Waals surface area contributed by atoms with Gasteiger partial charge in [0.2, 0.25) is 0 Å². The molecule has 0 atom stereocenters. The molecule has 0 aliphatic rings. The van der Waals surface area contributed by atoms with Crippen molar-refractivity contribution in [2.75, 3.05) is 19.8 Å². The highest BCUT2D eigenvalue weighted by Gasteiger charge is 2.30. The molecule has 0 amide bonds. The fourth-order valence-corrected chi connectivity index (χ4v) is 3.89. The Balaban J connectivity index is 2.74. The Bertz CT molecular complexity index is 960. The van der Waals surface area contributed by atoms with Gasteiger partial charge in [0.25, 0.3) is 0 Å². The number of aromatic nitrogens is 1. The number of thioether (sulfide) groups is 1. The standard InChI is InChI=1S/C21H25NO6S/c1-6-26-15(23)9-10-29-19-16(20(24)27-7-2)17-14(5)11-13(4)12-22(17)18(19)21(25)28-8-3/h9-12H,6-8H2,1-5H3/b10-9+. The van der Waals surface area contributed by atoms with Crippen molar-refractivity contribution in [2.24, 2.45) is 0 Å². The molecule has 156 valence electrons. The van der Waals surface area contributed by atoms with Crippen molar-refractivity contribution in [2.45, 2.75) is 39.5 Å². The molecular formula is C21H25NO6S. The summed E-state index contributed by atoms with van der Waals surface area (Å²) in [5.74, 6) is -1.61. The molecule has 0 fully saturated rings. The minimum absolute atomic E-state index is 0.189. The number of carbonyl (C=O) groups is 3. The molecule has 0 spiro atoms. The van der Waals surface area contributed by atoms with Gasteiger partial charge in [-0.15, -0.1) is 0 Å². The number of fused-ring (bicyclic) bond motifs is 1. The summed E-state index contributed by atoms with van der Waals surface area (Å²) >= 11 is 1.07. The maximum absolute atomic E-state index is 12.8. The fourth-order valence-electron chi connectivity index (χ4n) is 2.98. The molecule has 0 aliphatic carbocycles. The Morgan fingerprint density at radius 3 is 2.24 bits per heavy atom. The molecule has 0 bridgehead atoms. The van der Waals surface area contributed by atoms with Crippen molar-refractivity contribution in [1.82, 2.24) is 4.40 Å². The number of rotatable bonds is 8. The van der Waals surface area contributed by atoms with Crippen LogP contribution in [0.3, 0.4) is 0 Å². The summed E-state index contributed by atoms with van der Waals surface area (Å²) in [4.78, 5) is 37.6. The second-order valence-corrected chi connectivity index (χ2v) is 7.00. The van der Waals surface area contributed by atoms with Crippen LogP contribution in [-0.2, 0) is 19.0 Å². The minimum atomic E-state index is -0.560. The molecule has 2 rings (SSSR count). The van der Waals surface area contributed by atoms with Crippen LogP contribution >= 0.6 is 11.8 Å². The second-order valence-electron chi connectivity index (χ2n) is 6.09. The lowest BCUT2D eigenvalue weighted by Crippen LogP contribution is -2.10. The Kier molecular flexibility index (Phi) is 7.90. The van der Waals surface area contributed by atoms with E-state index in [9.17, 15) is 14.4 Å². The third-order valence-electron chi connectivity index (χ3n) is 3.94. The summed E-state index contributed by atoms with van der Waals surface area (Å²) in [7, 11) is 0. The second kappa shape index (κ2) is 10.2. The van der Waals surface area contributed by atoms with E-state index in [2.05, 4.69) is 0 Å². The van der Waals surface area contributed by atoms with E-state index in [4.69, 9.17) is 14.2 Å². The van der Waals surface area contributed by atoms with Gasteiger partial charge in [0.15, 0.2) is 0 Å². The van der Waals surface area contributed by atoms with Crippen molar-refractivity contribution in [3.05, 3.63) is 46.1 Å². The van der Waals surface area contributed by atoms with Crippen molar-refractivity contribution in [1.29, 1.82) is 0 Å². The largest absolute Gasteiger partial charge is 0.463 e. The van der Waals surface area contributed by atoms with Crippen LogP contribution in [0.4, 0.5) is 0 Å². The van der Waals surface area contributed by atoms with Crippen LogP contribution in [0.25, 0.3) is 5.52 Å². The number of aryl methyl sites for hydroxylation is 2. The number of carbonyl (C=O) groups excluding carboxylic acids is 3. The van der Waals surface area contributed by atoms with Gasteiger partial charge < -0.3 is 18.6 Å². The molecule has 0 saturated heterocycles. The van der Waals surface area contributed by atoms with E-state index < -0.39 is 17.9 Å². The summed E-state index contributed by atoms with van der Waals surface area (Å²) in [5, 5.41) is 1.49. The number of hydrogen-bond acceptors (Lipinski definition) is 7. The van der Waals surface area contributed by atoms with E-state index in [1.807, 2.05) is 19.9 Å². The van der Waals surface area contributed by atoms with Crippen LogP contribution in [0.15, 0.2) is 28.6 Å². The van der Waals surface area contributed by atoms with Crippen molar-refractivity contribution in [3.8, 4) is 0 Å². The van der Waals surface area contributed by atoms with Gasteiger partial charge in [-0.25, -0.2) is 14.4 Å². The van der Waals surface area contributed by atoms with E-state index in [1.165, 1.54) is 11.5 Å². The van der Waals surface area contributed by atoms with Gasteiger partial charge >= 0.3 is 17.9 Å². The van der Waals surface area contributed by atoms with Gasteiger partial charge in [-0.05, 0) is 51.2 Å². The molecule has 2 heterocycles. The first kappa shape index (κ1) is 22.5. The highest BCUT2D eigenvalue weighted by Crippen LogP contribution is 2.36. The smallest absolute Gasteiger partial charge is 0.356 e. The van der Waals surface area contributed by atoms with E-state index in [0.29, 0.717) is 10.4 Å². The SMILES string of the molecule is CCOC(=O)/C=C/Sc1c(C(=O)OCC)c2c(C)cc(C)cn2c1C(=O)OCC. The molecule has 2 aromatic heterocycles. The lowest BCUT2D eigenvalue weighted by Gasteiger charge is -2.07. The number of esters is 3. The Hall–Kier alpha value is -2.74. The predicted molar refractivity (Wildman–Crippen MR) is 110 cm³/mol. The van der Waals surface area contributed by atoms with E-state index in [1.54, 1.807) is 31.4 Å². The summed E-state index contributed by atoms with van der Waals surface area (Å²) in [5.41, 5.74) is 2.80. The van der Waals surface area contributed by atoms with E-state index in [0.717, 1.165) is 22.9 Å². The van der Waals surface area contributed by atoms with Crippen LogP contribution in [0, 0.1) is 13.8 Å². The maximum Gasteiger partial charge on any atom is 0.356 e. The van der Waals surface area contributed by atoms with Gasteiger partial charge in [-0.1, -0.05) is 17.8 Å². The average Bonchev–Trinajstić information content (AvgIpc) is 2.96. The predicted octanol–water partition coefficient (Wildman–Crippen LogP) is 4.08. The highest BCUT2D eigenvalue weighted by molar-refractivity contribution is 8.02. The zero-order chi connectivity index (χ0) is 21.6. The first-order chi connectivity index (χ1) is 13.8. The van der Waals surface area contributed by atoms with Crippen molar-refractivity contribution in [3.63, 3.8) is 0 Å². The monoisotopic (exact) mass is 419 g/mol. The maximum atomic E-state index is 12.8. The number of nitrogens with zero attached hydrogens (tertiary/aromatic N) is 1. The van der Waals surface area contributed by atoms with E-state index >= 15 is 0 Å². The van der Waals surface area contributed by atoms with Gasteiger partial charge in [-0.2, -0.15) is 0 Å². The van der Waals surface area contributed by atoms with E-state index in [-0.39, 0.29) is 31.1 Å². The molecule has 8 heteroatoms. The quantitative estimate of drug-likeness (QED) is 0.276. The fraction of sp³-hybridized carbons (Fsp3) is 0.381. The molecule has 0 N–H and O–H groups in total. The minimum Gasteiger partial charge on any atom is -0.463 e. The van der Waals surface area contributed by atoms with Gasteiger partial charge in [0, 0.05) is 12.3 Å². The number of ether oxygens (including phenoxy) is 3. The first-order valence-corrected chi connectivity index (χ1v) is 10.2. The molecule has 0 radical (unpaired) electrons. The molecule has 7 nitrogen and oxygen atoms in total. The molecule has 29 heavy (non-hydrogen) atoms. The molecule has 0 aromatic carbocycles. The highest BCUT2D eigenvalue weighted by atomic mass is 32.2. The molecule has 2 aromatic rings. The van der Waals surface area contributed by atoms with Gasteiger partial charge in [-0.3, -0.25) is 0 Å². The molecule has 0 aliphatic heterocycles. The summed E-state index contributed by atoms with van der Waals surface area (Å²) in [6, 6.07) is 1.93.